The third-order valence-corrected chi connectivity index (χ3v) is 3.06. The van der Waals surface area contributed by atoms with E-state index in [0.717, 1.165) is 6.42 Å². The van der Waals surface area contributed by atoms with Gasteiger partial charge in [0.15, 0.2) is 5.78 Å². The van der Waals surface area contributed by atoms with Gasteiger partial charge >= 0.3 is 0 Å². The minimum Gasteiger partial charge on any atom is -0.385 e. The van der Waals surface area contributed by atoms with Crippen LogP contribution in [0.1, 0.15) is 45.4 Å². The summed E-state index contributed by atoms with van der Waals surface area (Å²) in [5.41, 5.74) is -1.05. The number of carbonyl (C=O) groups is 1. The molecule has 0 aliphatic heterocycles. The van der Waals surface area contributed by atoms with Gasteiger partial charge in [-0.25, -0.2) is 0 Å². The highest BCUT2D eigenvalue weighted by Gasteiger charge is 2.34. The van der Waals surface area contributed by atoms with Crippen LogP contribution in [0.4, 0.5) is 0 Å². The van der Waals surface area contributed by atoms with Gasteiger partial charge in [0.25, 0.3) is 0 Å². The van der Waals surface area contributed by atoms with Crippen LogP contribution >= 0.6 is 11.6 Å². The van der Waals surface area contributed by atoms with Gasteiger partial charge < -0.3 is 5.11 Å². The SMILES string of the molecule is CCCCC/C=C\CC1(O)C=C(Cl)C(=O)C1. The van der Waals surface area contributed by atoms with E-state index in [1.165, 1.54) is 25.3 Å². The predicted octanol–water partition coefficient (Wildman–Crippen LogP) is 3.34. The Labute approximate surface area is 102 Å². The Bertz CT molecular complexity index is 307. The van der Waals surface area contributed by atoms with Crippen LogP contribution in [-0.2, 0) is 4.79 Å². The third-order valence-electron chi connectivity index (χ3n) is 2.74. The maximum atomic E-state index is 11.2. The average Bonchev–Trinajstić information content (AvgIpc) is 2.47. The molecular formula is C13H19ClO2. The number of allylic oxidation sites excluding steroid dienone is 2. The average molecular weight is 243 g/mol. The lowest BCUT2D eigenvalue weighted by molar-refractivity contribution is -0.116. The van der Waals surface area contributed by atoms with Crippen molar-refractivity contribution in [1.82, 2.24) is 0 Å². The monoisotopic (exact) mass is 242 g/mol. The van der Waals surface area contributed by atoms with E-state index in [1.54, 1.807) is 0 Å². The van der Waals surface area contributed by atoms with Crippen molar-refractivity contribution in [2.24, 2.45) is 0 Å². The van der Waals surface area contributed by atoms with E-state index in [2.05, 4.69) is 13.0 Å². The molecule has 0 aromatic carbocycles. The minimum atomic E-state index is -1.05. The van der Waals surface area contributed by atoms with Gasteiger partial charge in [-0.1, -0.05) is 43.5 Å². The molecule has 0 saturated heterocycles. The minimum absolute atomic E-state index is 0.116. The Morgan fingerprint density at radius 1 is 1.50 bits per heavy atom. The van der Waals surface area contributed by atoms with Gasteiger partial charge in [-0.2, -0.15) is 0 Å². The first-order chi connectivity index (χ1) is 7.57. The smallest absolute Gasteiger partial charge is 0.177 e. The standard InChI is InChI=1S/C13H19ClO2/c1-2-3-4-5-6-7-8-13(16)9-11(14)12(15)10-13/h6-7,9,16H,2-5,8,10H2,1H3/b7-6-. The molecule has 0 aromatic heterocycles. The fourth-order valence-electron chi connectivity index (χ4n) is 1.78. The van der Waals surface area contributed by atoms with E-state index < -0.39 is 5.60 Å². The molecular weight excluding hydrogens is 224 g/mol. The van der Waals surface area contributed by atoms with Gasteiger partial charge in [-0.3, -0.25) is 4.79 Å². The van der Waals surface area contributed by atoms with Crippen LogP contribution in [0.15, 0.2) is 23.3 Å². The van der Waals surface area contributed by atoms with Crippen LogP contribution in [0.5, 0.6) is 0 Å². The van der Waals surface area contributed by atoms with Crippen LogP contribution < -0.4 is 0 Å². The molecule has 0 radical (unpaired) electrons. The molecule has 0 spiro atoms. The molecule has 0 amide bonds. The lowest BCUT2D eigenvalue weighted by Gasteiger charge is -2.16. The maximum absolute atomic E-state index is 11.2. The zero-order valence-corrected chi connectivity index (χ0v) is 10.5. The molecule has 1 N–H and O–H groups in total. The second-order valence-corrected chi connectivity index (χ2v) is 4.77. The molecule has 0 aromatic rings. The molecule has 0 bridgehead atoms. The fraction of sp³-hybridized carbons (Fsp3) is 0.615. The van der Waals surface area contributed by atoms with Gasteiger partial charge in [-0.15, -0.1) is 0 Å². The second kappa shape index (κ2) is 6.21. The number of unbranched alkanes of at least 4 members (excludes halogenated alkanes) is 3. The van der Waals surface area contributed by atoms with Crippen LogP contribution in [0.25, 0.3) is 0 Å². The summed E-state index contributed by atoms with van der Waals surface area (Å²) < 4.78 is 0. The Morgan fingerprint density at radius 2 is 2.25 bits per heavy atom. The summed E-state index contributed by atoms with van der Waals surface area (Å²) >= 11 is 5.66. The molecule has 1 aliphatic rings. The predicted molar refractivity (Wildman–Crippen MR) is 66.4 cm³/mol. The Balaban J connectivity index is 2.30. The Kier molecular flexibility index (Phi) is 5.23. The lowest BCUT2D eigenvalue weighted by atomic mass is 9.98. The normalized spacial score (nSPS) is 25.4. The molecule has 1 rings (SSSR count). The van der Waals surface area contributed by atoms with Crippen LogP contribution in [0.2, 0.25) is 0 Å². The largest absolute Gasteiger partial charge is 0.385 e. The molecule has 90 valence electrons. The van der Waals surface area contributed by atoms with Crippen LogP contribution in [-0.4, -0.2) is 16.5 Å². The molecule has 0 saturated carbocycles. The van der Waals surface area contributed by atoms with Gasteiger partial charge in [0.1, 0.15) is 0 Å². The number of rotatable bonds is 6. The van der Waals surface area contributed by atoms with Crippen molar-refractivity contribution in [3.8, 4) is 0 Å². The molecule has 2 nitrogen and oxygen atoms in total. The van der Waals surface area contributed by atoms with Crippen molar-refractivity contribution in [3.05, 3.63) is 23.3 Å². The number of hydrogen-bond acceptors (Lipinski definition) is 2. The van der Waals surface area contributed by atoms with E-state index in [4.69, 9.17) is 11.6 Å². The zero-order chi connectivity index (χ0) is 12.0. The van der Waals surface area contributed by atoms with E-state index in [-0.39, 0.29) is 17.2 Å². The summed E-state index contributed by atoms with van der Waals surface area (Å²) in [7, 11) is 0. The van der Waals surface area contributed by atoms with Crippen LogP contribution in [0, 0.1) is 0 Å². The van der Waals surface area contributed by atoms with Gasteiger partial charge in [0, 0.05) is 6.42 Å². The molecule has 1 atom stereocenters. The number of aliphatic hydroxyl groups is 1. The summed E-state index contributed by atoms with van der Waals surface area (Å²) in [5.74, 6) is -0.163. The summed E-state index contributed by atoms with van der Waals surface area (Å²) in [4.78, 5) is 11.2. The highest BCUT2D eigenvalue weighted by atomic mass is 35.5. The van der Waals surface area contributed by atoms with E-state index in [1.807, 2.05) is 6.08 Å². The van der Waals surface area contributed by atoms with Gasteiger partial charge in [0.05, 0.1) is 10.6 Å². The highest BCUT2D eigenvalue weighted by Crippen LogP contribution is 2.30. The second-order valence-electron chi connectivity index (χ2n) is 4.37. The first-order valence-electron chi connectivity index (χ1n) is 5.86. The molecule has 1 unspecified atom stereocenters. The van der Waals surface area contributed by atoms with E-state index >= 15 is 0 Å². The summed E-state index contributed by atoms with van der Waals surface area (Å²) in [6, 6.07) is 0. The fourth-order valence-corrected chi connectivity index (χ4v) is 2.05. The summed E-state index contributed by atoms with van der Waals surface area (Å²) in [6.45, 7) is 2.17. The van der Waals surface area contributed by atoms with Gasteiger partial charge in [-0.05, 0) is 25.3 Å². The van der Waals surface area contributed by atoms with Crippen molar-refractivity contribution in [1.29, 1.82) is 0 Å². The molecule has 0 heterocycles. The first kappa shape index (κ1) is 13.5. The third kappa shape index (κ3) is 4.11. The topological polar surface area (TPSA) is 37.3 Å². The van der Waals surface area contributed by atoms with Crippen molar-refractivity contribution >= 4 is 17.4 Å². The summed E-state index contributed by atoms with van der Waals surface area (Å²) in [6.07, 6.45) is 10.7. The van der Waals surface area contributed by atoms with Crippen molar-refractivity contribution in [2.75, 3.05) is 0 Å². The zero-order valence-electron chi connectivity index (χ0n) is 9.71. The first-order valence-corrected chi connectivity index (χ1v) is 6.24. The highest BCUT2D eigenvalue weighted by molar-refractivity contribution is 6.43. The van der Waals surface area contributed by atoms with Crippen molar-refractivity contribution < 1.29 is 9.90 Å². The quantitative estimate of drug-likeness (QED) is 0.573. The number of ketones is 1. The Hall–Kier alpha value is -0.600. The number of Topliss-reactive ketones (excluding diaryl/α,β-unsaturated/α-hetero) is 1. The van der Waals surface area contributed by atoms with Crippen molar-refractivity contribution in [2.45, 2.75) is 51.0 Å². The van der Waals surface area contributed by atoms with E-state index in [0.29, 0.717) is 6.42 Å². The Morgan fingerprint density at radius 3 is 2.81 bits per heavy atom. The summed E-state index contributed by atoms with van der Waals surface area (Å²) in [5, 5.41) is 10.2. The molecule has 3 heteroatoms. The number of hydrogen-bond donors (Lipinski definition) is 1. The molecule has 0 fully saturated rings. The number of carbonyl (C=O) groups excluding carboxylic acids is 1. The lowest BCUT2D eigenvalue weighted by Crippen LogP contribution is -2.23. The van der Waals surface area contributed by atoms with E-state index in [9.17, 15) is 9.90 Å². The maximum Gasteiger partial charge on any atom is 0.177 e. The van der Waals surface area contributed by atoms with Crippen LogP contribution in [0.3, 0.4) is 0 Å². The van der Waals surface area contributed by atoms with Gasteiger partial charge in [0.2, 0.25) is 0 Å². The molecule has 1 aliphatic carbocycles. The number of halogens is 1. The van der Waals surface area contributed by atoms with Crippen molar-refractivity contribution in [3.63, 3.8) is 0 Å². The molecule has 16 heavy (non-hydrogen) atoms.